The molecule has 1 amide bonds. The SMILES string of the molecule is CN=C(NCCNC(=O)CC1CCCC1)N(C)Cc1ccc(SC)cc1. The molecule has 0 aliphatic heterocycles. The monoisotopic (exact) mass is 376 g/mol. The van der Waals surface area contributed by atoms with Crippen molar-refractivity contribution < 1.29 is 4.79 Å². The predicted molar refractivity (Wildman–Crippen MR) is 111 cm³/mol. The maximum absolute atomic E-state index is 12.0. The Hall–Kier alpha value is -1.69. The van der Waals surface area contributed by atoms with Gasteiger partial charge in [0, 0.05) is 45.0 Å². The van der Waals surface area contributed by atoms with Crippen LogP contribution in [0.25, 0.3) is 0 Å². The summed E-state index contributed by atoms with van der Waals surface area (Å²) in [5.41, 5.74) is 1.25. The lowest BCUT2D eigenvalue weighted by molar-refractivity contribution is -0.121. The Morgan fingerprint density at radius 2 is 1.85 bits per heavy atom. The van der Waals surface area contributed by atoms with Crippen molar-refractivity contribution in [3.8, 4) is 0 Å². The van der Waals surface area contributed by atoms with Crippen LogP contribution in [0, 0.1) is 5.92 Å². The number of amides is 1. The molecule has 1 aromatic carbocycles. The molecule has 0 atom stereocenters. The Kier molecular flexibility index (Phi) is 8.81. The van der Waals surface area contributed by atoms with E-state index in [1.165, 1.54) is 36.1 Å². The molecule has 1 saturated carbocycles. The molecule has 0 heterocycles. The topological polar surface area (TPSA) is 56.7 Å². The first kappa shape index (κ1) is 20.6. The molecular weight excluding hydrogens is 344 g/mol. The zero-order valence-corrected chi connectivity index (χ0v) is 17.1. The summed E-state index contributed by atoms with van der Waals surface area (Å²) < 4.78 is 0. The average Bonchev–Trinajstić information content (AvgIpc) is 3.15. The van der Waals surface area contributed by atoms with Crippen molar-refractivity contribution in [3.63, 3.8) is 0 Å². The summed E-state index contributed by atoms with van der Waals surface area (Å²) in [6, 6.07) is 8.59. The number of guanidine groups is 1. The molecule has 5 nitrogen and oxygen atoms in total. The summed E-state index contributed by atoms with van der Waals surface area (Å²) in [5, 5.41) is 6.33. The first-order chi connectivity index (χ1) is 12.6. The molecule has 1 aliphatic rings. The number of thioether (sulfide) groups is 1. The number of nitrogens with one attached hydrogen (secondary N) is 2. The maximum Gasteiger partial charge on any atom is 0.220 e. The molecule has 6 heteroatoms. The molecule has 2 rings (SSSR count). The van der Waals surface area contributed by atoms with Gasteiger partial charge in [-0.2, -0.15) is 0 Å². The van der Waals surface area contributed by atoms with Crippen LogP contribution in [0.2, 0.25) is 0 Å². The van der Waals surface area contributed by atoms with E-state index in [1.807, 2.05) is 7.05 Å². The zero-order valence-electron chi connectivity index (χ0n) is 16.3. The van der Waals surface area contributed by atoms with Gasteiger partial charge in [-0.1, -0.05) is 25.0 Å². The van der Waals surface area contributed by atoms with Gasteiger partial charge in [0.1, 0.15) is 0 Å². The fourth-order valence-corrected chi connectivity index (χ4v) is 3.80. The van der Waals surface area contributed by atoms with Crippen LogP contribution in [0.15, 0.2) is 34.2 Å². The predicted octanol–water partition coefficient (Wildman–Crippen LogP) is 3.11. The van der Waals surface area contributed by atoms with Gasteiger partial charge in [-0.05, 0) is 42.7 Å². The second-order valence-electron chi connectivity index (χ2n) is 6.88. The second-order valence-corrected chi connectivity index (χ2v) is 7.76. The van der Waals surface area contributed by atoms with Crippen molar-refractivity contribution in [2.45, 2.75) is 43.5 Å². The number of aliphatic imine (C=N–C) groups is 1. The Balaban J connectivity index is 1.67. The van der Waals surface area contributed by atoms with E-state index in [2.05, 4.69) is 51.0 Å². The molecule has 0 radical (unpaired) electrons. The normalized spacial score (nSPS) is 15.1. The van der Waals surface area contributed by atoms with E-state index in [-0.39, 0.29) is 5.91 Å². The highest BCUT2D eigenvalue weighted by molar-refractivity contribution is 7.98. The van der Waals surface area contributed by atoms with Gasteiger partial charge < -0.3 is 15.5 Å². The molecule has 0 spiro atoms. The minimum absolute atomic E-state index is 0.177. The van der Waals surface area contributed by atoms with Crippen LogP contribution in [-0.2, 0) is 11.3 Å². The molecule has 1 aliphatic carbocycles. The number of benzene rings is 1. The quantitative estimate of drug-likeness (QED) is 0.317. The summed E-state index contributed by atoms with van der Waals surface area (Å²) in [6.07, 6.45) is 7.74. The Morgan fingerprint density at radius 1 is 1.19 bits per heavy atom. The third kappa shape index (κ3) is 6.90. The lowest BCUT2D eigenvalue weighted by atomic mass is 10.0. The number of hydrogen-bond donors (Lipinski definition) is 2. The fourth-order valence-electron chi connectivity index (χ4n) is 3.39. The van der Waals surface area contributed by atoms with Crippen LogP contribution < -0.4 is 10.6 Å². The minimum Gasteiger partial charge on any atom is -0.354 e. The first-order valence-electron chi connectivity index (χ1n) is 9.43. The van der Waals surface area contributed by atoms with E-state index in [1.54, 1.807) is 18.8 Å². The summed E-state index contributed by atoms with van der Waals surface area (Å²) >= 11 is 1.75. The maximum atomic E-state index is 12.0. The van der Waals surface area contributed by atoms with Gasteiger partial charge >= 0.3 is 0 Å². The van der Waals surface area contributed by atoms with Crippen LogP contribution >= 0.6 is 11.8 Å². The van der Waals surface area contributed by atoms with Crippen LogP contribution in [0.1, 0.15) is 37.7 Å². The van der Waals surface area contributed by atoms with E-state index in [0.29, 0.717) is 25.4 Å². The standard InChI is InChI=1S/C20H32N4OS/c1-21-20(24(2)15-17-8-10-18(26-3)11-9-17)23-13-12-22-19(25)14-16-6-4-5-7-16/h8-11,16H,4-7,12-15H2,1-3H3,(H,21,23)(H,22,25). The molecule has 26 heavy (non-hydrogen) atoms. The van der Waals surface area contributed by atoms with Crippen molar-refractivity contribution in [2.75, 3.05) is 33.4 Å². The Labute approximate surface area is 162 Å². The summed E-state index contributed by atoms with van der Waals surface area (Å²) in [6.45, 7) is 2.10. The number of carbonyl (C=O) groups excluding carboxylic acids is 1. The van der Waals surface area contributed by atoms with Crippen LogP contribution in [-0.4, -0.2) is 50.2 Å². The summed E-state index contributed by atoms with van der Waals surface area (Å²) in [5.74, 6) is 1.61. The lowest BCUT2D eigenvalue weighted by Crippen LogP contribution is -2.42. The van der Waals surface area contributed by atoms with E-state index >= 15 is 0 Å². The second kappa shape index (κ2) is 11.1. The molecule has 0 bridgehead atoms. The third-order valence-corrected chi connectivity index (χ3v) is 5.57. The summed E-state index contributed by atoms with van der Waals surface area (Å²) in [7, 11) is 3.81. The van der Waals surface area contributed by atoms with Gasteiger partial charge in [0.05, 0.1) is 0 Å². The van der Waals surface area contributed by atoms with Crippen molar-refractivity contribution in [1.29, 1.82) is 0 Å². The van der Waals surface area contributed by atoms with E-state index in [4.69, 9.17) is 0 Å². The van der Waals surface area contributed by atoms with Gasteiger partial charge in [-0.3, -0.25) is 9.79 Å². The molecule has 2 N–H and O–H groups in total. The number of carbonyl (C=O) groups is 1. The minimum atomic E-state index is 0.177. The van der Waals surface area contributed by atoms with Gasteiger partial charge in [-0.25, -0.2) is 0 Å². The zero-order chi connectivity index (χ0) is 18.8. The Morgan fingerprint density at radius 3 is 2.46 bits per heavy atom. The molecule has 0 aromatic heterocycles. The van der Waals surface area contributed by atoms with Crippen molar-refractivity contribution in [2.24, 2.45) is 10.9 Å². The van der Waals surface area contributed by atoms with Crippen molar-refractivity contribution in [1.82, 2.24) is 15.5 Å². The number of rotatable bonds is 8. The smallest absolute Gasteiger partial charge is 0.220 e. The molecule has 144 valence electrons. The number of hydrogen-bond acceptors (Lipinski definition) is 3. The molecular formula is C20H32N4OS. The largest absolute Gasteiger partial charge is 0.354 e. The van der Waals surface area contributed by atoms with Crippen molar-refractivity contribution >= 4 is 23.6 Å². The van der Waals surface area contributed by atoms with Crippen LogP contribution in [0.5, 0.6) is 0 Å². The highest BCUT2D eigenvalue weighted by Crippen LogP contribution is 2.27. The lowest BCUT2D eigenvalue weighted by Gasteiger charge is -2.22. The van der Waals surface area contributed by atoms with Crippen molar-refractivity contribution in [3.05, 3.63) is 29.8 Å². The molecule has 0 unspecified atom stereocenters. The van der Waals surface area contributed by atoms with Gasteiger partial charge in [0.2, 0.25) is 5.91 Å². The van der Waals surface area contributed by atoms with E-state index < -0.39 is 0 Å². The summed E-state index contributed by atoms with van der Waals surface area (Å²) in [4.78, 5) is 19.7. The third-order valence-electron chi connectivity index (χ3n) is 4.83. The van der Waals surface area contributed by atoms with Gasteiger partial charge in [0.25, 0.3) is 0 Å². The van der Waals surface area contributed by atoms with Crippen LogP contribution in [0.4, 0.5) is 0 Å². The highest BCUT2D eigenvalue weighted by atomic mass is 32.2. The first-order valence-corrected chi connectivity index (χ1v) is 10.7. The van der Waals surface area contributed by atoms with E-state index in [0.717, 1.165) is 12.5 Å². The van der Waals surface area contributed by atoms with Gasteiger partial charge in [0.15, 0.2) is 5.96 Å². The number of nitrogens with zero attached hydrogens (tertiary/aromatic N) is 2. The molecule has 0 saturated heterocycles. The molecule has 1 fully saturated rings. The average molecular weight is 377 g/mol. The van der Waals surface area contributed by atoms with Gasteiger partial charge in [-0.15, -0.1) is 11.8 Å². The Bertz CT molecular complexity index is 582. The highest BCUT2D eigenvalue weighted by Gasteiger charge is 2.18. The van der Waals surface area contributed by atoms with E-state index in [9.17, 15) is 4.79 Å². The molecule has 1 aromatic rings. The fraction of sp³-hybridized carbons (Fsp3) is 0.600. The van der Waals surface area contributed by atoms with Crippen LogP contribution in [0.3, 0.4) is 0 Å².